The van der Waals surface area contributed by atoms with Gasteiger partial charge in [0.15, 0.2) is 0 Å². The summed E-state index contributed by atoms with van der Waals surface area (Å²) < 4.78 is 11.0. The van der Waals surface area contributed by atoms with Crippen LogP contribution >= 0.6 is 0 Å². The van der Waals surface area contributed by atoms with Gasteiger partial charge in [0.25, 0.3) is 0 Å². The Labute approximate surface area is 105 Å². The Balaban J connectivity index is 3.50. The summed E-state index contributed by atoms with van der Waals surface area (Å²) in [4.78, 5) is 1.99. The van der Waals surface area contributed by atoms with Gasteiger partial charge in [0.2, 0.25) is 0 Å². The van der Waals surface area contributed by atoms with Crippen LogP contribution in [0.4, 0.5) is 0 Å². The molecule has 0 heterocycles. The monoisotopic (exact) mass is 237 g/mol. The second-order valence-corrected chi connectivity index (χ2v) is 4.69. The fraction of sp³-hybridized carbons (Fsp3) is 0.714. The van der Waals surface area contributed by atoms with Gasteiger partial charge in [-0.3, -0.25) is 4.90 Å². The Morgan fingerprint density at radius 1 is 1.00 bits per heavy atom. The molecule has 0 aliphatic rings. The summed E-state index contributed by atoms with van der Waals surface area (Å²) in [6.45, 7) is 9.77. The van der Waals surface area contributed by atoms with Crippen LogP contribution in [0.2, 0.25) is 0 Å². The lowest BCUT2D eigenvalue weighted by atomic mass is 10.2. The first kappa shape index (κ1) is 16.0. The molecule has 17 heavy (non-hydrogen) atoms. The van der Waals surface area contributed by atoms with Gasteiger partial charge >= 0.3 is 0 Å². The second kappa shape index (κ2) is 9.07. The van der Waals surface area contributed by atoms with Crippen molar-refractivity contribution in [3.63, 3.8) is 0 Å². The van der Waals surface area contributed by atoms with E-state index in [1.165, 1.54) is 0 Å². The topological polar surface area (TPSA) is 21.7 Å². The molecule has 0 fully saturated rings. The summed E-state index contributed by atoms with van der Waals surface area (Å²) in [5, 5.41) is 0. The molecule has 0 N–H and O–H groups in total. The van der Waals surface area contributed by atoms with E-state index >= 15 is 0 Å². The first-order valence-electron chi connectivity index (χ1n) is 5.80. The highest BCUT2D eigenvalue weighted by Gasteiger charge is 2.09. The molecule has 3 heteroatoms. The lowest BCUT2D eigenvalue weighted by molar-refractivity contribution is -0.0363. The maximum absolute atomic E-state index is 5.53. The Morgan fingerprint density at radius 3 is 2.06 bits per heavy atom. The average Bonchev–Trinajstić information content (AvgIpc) is 2.22. The first-order valence-corrected chi connectivity index (χ1v) is 5.80. The summed E-state index contributed by atoms with van der Waals surface area (Å²) in [6.07, 6.45) is 10.5. The average molecular weight is 237 g/mol. The fourth-order valence-electron chi connectivity index (χ4n) is 1.17. The van der Waals surface area contributed by atoms with E-state index in [4.69, 9.17) is 22.3 Å². The third kappa shape index (κ3) is 11.3. The number of hydrogen-bond donors (Lipinski definition) is 0. The largest absolute Gasteiger partial charge is 0.378 e. The molecule has 0 aliphatic heterocycles. The molecule has 0 saturated carbocycles. The summed E-state index contributed by atoms with van der Waals surface area (Å²) in [6, 6.07) is 0. The molecule has 0 amide bonds. The third-order valence-electron chi connectivity index (χ3n) is 1.94. The van der Waals surface area contributed by atoms with Crippen LogP contribution in [0.25, 0.3) is 0 Å². The molecule has 0 saturated heterocycles. The minimum absolute atomic E-state index is 0.109. The SMILES string of the molecule is C#CCN(CC#C)CCOCCOC(C)(C)C. The second-order valence-electron chi connectivity index (χ2n) is 4.69. The van der Waals surface area contributed by atoms with Crippen molar-refractivity contribution in [3.05, 3.63) is 0 Å². The van der Waals surface area contributed by atoms with Crippen molar-refractivity contribution in [2.75, 3.05) is 39.5 Å². The molecule has 0 rings (SSSR count). The predicted molar refractivity (Wildman–Crippen MR) is 70.6 cm³/mol. The molecule has 0 radical (unpaired) electrons. The molecule has 0 aromatic heterocycles. The summed E-state index contributed by atoms with van der Waals surface area (Å²) in [5.41, 5.74) is -0.109. The van der Waals surface area contributed by atoms with Crippen LogP contribution in [-0.2, 0) is 9.47 Å². The van der Waals surface area contributed by atoms with E-state index in [2.05, 4.69) is 11.8 Å². The van der Waals surface area contributed by atoms with Crippen LogP contribution in [0, 0.1) is 24.7 Å². The summed E-state index contributed by atoms with van der Waals surface area (Å²) in [7, 11) is 0. The van der Waals surface area contributed by atoms with Crippen molar-refractivity contribution in [2.24, 2.45) is 0 Å². The van der Waals surface area contributed by atoms with E-state index in [0.717, 1.165) is 6.54 Å². The van der Waals surface area contributed by atoms with E-state index < -0.39 is 0 Å². The van der Waals surface area contributed by atoms with Gasteiger partial charge in [-0.1, -0.05) is 11.8 Å². The van der Waals surface area contributed by atoms with Crippen molar-refractivity contribution in [1.82, 2.24) is 4.90 Å². The van der Waals surface area contributed by atoms with Gasteiger partial charge in [-0.05, 0) is 20.8 Å². The van der Waals surface area contributed by atoms with Crippen LogP contribution in [0.15, 0.2) is 0 Å². The van der Waals surface area contributed by atoms with Gasteiger partial charge in [0.1, 0.15) is 0 Å². The Hall–Kier alpha value is -1.00. The van der Waals surface area contributed by atoms with Gasteiger partial charge in [-0.15, -0.1) is 12.8 Å². The Bertz CT molecular complexity index is 251. The highest BCUT2D eigenvalue weighted by molar-refractivity contribution is 4.94. The highest BCUT2D eigenvalue weighted by Crippen LogP contribution is 2.05. The third-order valence-corrected chi connectivity index (χ3v) is 1.94. The van der Waals surface area contributed by atoms with Crippen LogP contribution in [0.5, 0.6) is 0 Å². The molecular weight excluding hydrogens is 214 g/mol. The molecule has 0 aromatic carbocycles. The van der Waals surface area contributed by atoms with E-state index in [-0.39, 0.29) is 5.60 Å². The Morgan fingerprint density at radius 2 is 1.59 bits per heavy atom. The molecule has 0 atom stereocenters. The fourth-order valence-corrected chi connectivity index (χ4v) is 1.17. The van der Waals surface area contributed by atoms with Gasteiger partial charge in [-0.2, -0.15) is 0 Å². The highest BCUT2D eigenvalue weighted by atomic mass is 16.5. The van der Waals surface area contributed by atoms with E-state index in [1.807, 2.05) is 25.7 Å². The van der Waals surface area contributed by atoms with Crippen LogP contribution in [-0.4, -0.2) is 50.0 Å². The maximum Gasteiger partial charge on any atom is 0.0707 e. The molecule has 0 spiro atoms. The van der Waals surface area contributed by atoms with Crippen LogP contribution < -0.4 is 0 Å². The number of terminal acetylenes is 2. The van der Waals surface area contributed by atoms with Gasteiger partial charge in [-0.25, -0.2) is 0 Å². The molecule has 0 aliphatic carbocycles. The summed E-state index contributed by atoms with van der Waals surface area (Å²) in [5.74, 6) is 5.15. The van der Waals surface area contributed by atoms with Crippen molar-refractivity contribution in [1.29, 1.82) is 0 Å². The number of nitrogens with zero attached hydrogens (tertiary/aromatic N) is 1. The lowest BCUT2D eigenvalue weighted by Gasteiger charge is -2.20. The van der Waals surface area contributed by atoms with Crippen molar-refractivity contribution in [3.8, 4) is 24.7 Å². The zero-order valence-corrected chi connectivity index (χ0v) is 11.2. The standard InChI is InChI=1S/C14H23NO2/c1-6-8-15(9-7-2)10-11-16-12-13-17-14(3,4)5/h1-2H,8-13H2,3-5H3. The van der Waals surface area contributed by atoms with E-state index in [9.17, 15) is 0 Å². The molecule has 0 aromatic rings. The molecule has 3 nitrogen and oxygen atoms in total. The molecular formula is C14H23NO2. The minimum atomic E-state index is -0.109. The maximum atomic E-state index is 5.53. The molecule has 96 valence electrons. The van der Waals surface area contributed by atoms with Crippen LogP contribution in [0.1, 0.15) is 20.8 Å². The van der Waals surface area contributed by atoms with Gasteiger partial charge in [0, 0.05) is 6.54 Å². The molecule has 0 bridgehead atoms. The summed E-state index contributed by atoms with van der Waals surface area (Å²) >= 11 is 0. The number of rotatable bonds is 8. The quantitative estimate of drug-likeness (QED) is 0.470. The first-order chi connectivity index (χ1) is 7.99. The van der Waals surface area contributed by atoms with E-state index in [1.54, 1.807) is 0 Å². The number of hydrogen-bond acceptors (Lipinski definition) is 3. The van der Waals surface area contributed by atoms with Crippen molar-refractivity contribution < 1.29 is 9.47 Å². The molecule has 0 unspecified atom stereocenters. The minimum Gasteiger partial charge on any atom is -0.378 e. The van der Waals surface area contributed by atoms with Crippen LogP contribution in [0.3, 0.4) is 0 Å². The van der Waals surface area contributed by atoms with Gasteiger partial charge < -0.3 is 9.47 Å². The van der Waals surface area contributed by atoms with Gasteiger partial charge in [0.05, 0.1) is 38.5 Å². The smallest absolute Gasteiger partial charge is 0.0707 e. The van der Waals surface area contributed by atoms with Crippen molar-refractivity contribution >= 4 is 0 Å². The zero-order valence-electron chi connectivity index (χ0n) is 11.2. The lowest BCUT2D eigenvalue weighted by Crippen LogP contribution is -2.29. The van der Waals surface area contributed by atoms with Crippen molar-refractivity contribution in [2.45, 2.75) is 26.4 Å². The normalized spacial score (nSPS) is 11.2. The zero-order chi connectivity index (χ0) is 13.1. The Kier molecular flexibility index (Phi) is 8.54. The number of ether oxygens (including phenoxy) is 2. The predicted octanol–water partition coefficient (Wildman–Crippen LogP) is 1.39. The van der Waals surface area contributed by atoms with E-state index in [0.29, 0.717) is 32.9 Å².